The molecule has 0 aliphatic carbocycles. The summed E-state index contributed by atoms with van der Waals surface area (Å²) in [6.45, 7) is 1.84. The lowest BCUT2D eigenvalue weighted by Gasteiger charge is -2.24. The Kier molecular flexibility index (Phi) is 3.68. The van der Waals surface area contributed by atoms with E-state index in [1.165, 1.54) is 0 Å². The predicted molar refractivity (Wildman–Crippen MR) is 72.7 cm³/mol. The van der Waals surface area contributed by atoms with E-state index in [0.717, 1.165) is 16.9 Å². The summed E-state index contributed by atoms with van der Waals surface area (Å²) in [7, 11) is 1.64. The van der Waals surface area contributed by atoms with Crippen LogP contribution < -0.4 is 4.74 Å². The molecule has 2 heteroatoms. The van der Waals surface area contributed by atoms with Gasteiger partial charge in [0.05, 0.1) is 12.7 Å². The van der Waals surface area contributed by atoms with Gasteiger partial charge in [-0.2, -0.15) is 0 Å². The topological polar surface area (TPSA) is 29.5 Å². The maximum atomic E-state index is 10.6. The first-order valence-corrected chi connectivity index (χ1v) is 6.03. The zero-order chi connectivity index (χ0) is 13.0. The van der Waals surface area contributed by atoms with Gasteiger partial charge in [-0.1, -0.05) is 42.5 Å². The van der Waals surface area contributed by atoms with Crippen molar-refractivity contribution in [3.05, 3.63) is 65.7 Å². The molecule has 0 amide bonds. The van der Waals surface area contributed by atoms with Gasteiger partial charge in [-0.15, -0.1) is 0 Å². The minimum Gasteiger partial charge on any atom is -0.497 e. The molecule has 0 aromatic heterocycles. The molecule has 0 spiro atoms. The van der Waals surface area contributed by atoms with E-state index in [1.54, 1.807) is 7.11 Å². The number of aliphatic hydroxyl groups is 1. The average molecular weight is 242 g/mol. The van der Waals surface area contributed by atoms with Gasteiger partial charge in [-0.05, 0) is 30.2 Å². The standard InChI is InChI=1S/C16H18O2/c1-16(17,12-13-6-4-3-5-7-13)14-8-10-15(18-2)11-9-14/h3-11,17H,12H2,1-2H3/t16-/m1/s1. The molecule has 0 heterocycles. The van der Waals surface area contributed by atoms with Crippen molar-refractivity contribution < 1.29 is 9.84 Å². The monoisotopic (exact) mass is 242 g/mol. The first-order valence-electron chi connectivity index (χ1n) is 6.03. The fourth-order valence-electron chi connectivity index (χ4n) is 2.05. The van der Waals surface area contributed by atoms with Gasteiger partial charge in [-0.25, -0.2) is 0 Å². The van der Waals surface area contributed by atoms with Gasteiger partial charge in [0.2, 0.25) is 0 Å². The summed E-state index contributed by atoms with van der Waals surface area (Å²) < 4.78 is 5.12. The van der Waals surface area contributed by atoms with Crippen LogP contribution in [0.4, 0.5) is 0 Å². The fraction of sp³-hybridized carbons (Fsp3) is 0.250. The lowest BCUT2D eigenvalue weighted by atomic mass is 9.89. The first-order chi connectivity index (χ1) is 8.62. The van der Waals surface area contributed by atoms with Crippen molar-refractivity contribution in [2.45, 2.75) is 18.9 Å². The number of rotatable bonds is 4. The molecule has 0 radical (unpaired) electrons. The van der Waals surface area contributed by atoms with E-state index >= 15 is 0 Å². The van der Waals surface area contributed by atoms with E-state index in [9.17, 15) is 5.11 Å². The molecule has 94 valence electrons. The number of benzene rings is 2. The van der Waals surface area contributed by atoms with Gasteiger partial charge < -0.3 is 9.84 Å². The van der Waals surface area contributed by atoms with Crippen LogP contribution in [-0.4, -0.2) is 12.2 Å². The van der Waals surface area contributed by atoms with Crippen molar-refractivity contribution in [2.24, 2.45) is 0 Å². The molecule has 2 nitrogen and oxygen atoms in total. The molecule has 0 unspecified atom stereocenters. The molecule has 18 heavy (non-hydrogen) atoms. The second-order valence-corrected chi connectivity index (χ2v) is 4.66. The molecule has 2 aromatic rings. The third kappa shape index (κ3) is 2.90. The van der Waals surface area contributed by atoms with E-state index in [-0.39, 0.29) is 0 Å². The maximum absolute atomic E-state index is 10.6. The molecule has 0 aliphatic heterocycles. The molecular formula is C16H18O2. The average Bonchev–Trinajstić information content (AvgIpc) is 2.39. The highest BCUT2D eigenvalue weighted by molar-refractivity contribution is 5.32. The van der Waals surface area contributed by atoms with E-state index in [2.05, 4.69) is 0 Å². The summed E-state index contributed by atoms with van der Waals surface area (Å²) in [6, 6.07) is 17.5. The Hall–Kier alpha value is -1.80. The minimum absolute atomic E-state index is 0.597. The first kappa shape index (κ1) is 12.7. The SMILES string of the molecule is COc1ccc([C@](C)(O)Cc2ccccc2)cc1. The highest BCUT2D eigenvalue weighted by Gasteiger charge is 2.23. The number of hydrogen-bond acceptors (Lipinski definition) is 2. The van der Waals surface area contributed by atoms with Crippen LogP contribution in [-0.2, 0) is 12.0 Å². The van der Waals surface area contributed by atoms with Crippen LogP contribution in [0.3, 0.4) is 0 Å². The van der Waals surface area contributed by atoms with Gasteiger partial charge in [-0.3, -0.25) is 0 Å². The maximum Gasteiger partial charge on any atom is 0.118 e. The van der Waals surface area contributed by atoms with E-state index in [1.807, 2.05) is 61.5 Å². The molecule has 1 N–H and O–H groups in total. The summed E-state index contributed by atoms with van der Waals surface area (Å²) >= 11 is 0. The summed E-state index contributed by atoms with van der Waals surface area (Å²) in [5, 5.41) is 10.6. The van der Waals surface area contributed by atoms with E-state index in [0.29, 0.717) is 6.42 Å². The third-order valence-corrected chi connectivity index (χ3v) is 3.10. The molecule has 0 saturated heterocycles. The molecular weight excluding hydrogens is 224 g/mol. The van der Waals surface area contributed by atoms with Gasteiger partial charge in [0, 0.05) is 6.42 Å². The summed E-state index contributed by atoms with van der Waals surface area (Å²) in [5.74, 6) is 0.800. The predicted octanol–water partition coefficient (Wildman–Crippen LogP) is 3.15. The van der Waals surface area contributed by atoms with E-state index in [4.69, 9.17) is 4.74 Å². The van der Waals surface area contributed by atoms with Crippen molar-refractivity contribution in [3.8, 4) is 5.75 Å². The zero-order valence-electron chi connectivity index (χ0n) is 10.8. The van der Waals surface area contributed by atoms with Crippen LogP contribution in [0.2, 0.25) is 0 Å². The molecule has 1 atom stereocenters. The van der Waals surface area contributed by atoms with Crippen molar-refractivity contribution in [2.75, 3.05) is 7.11 Å². The number of ether oxygens (including phenoxy) is 1. The highest BCUT2D eigenvalue weighted by Crippen LogP contribution is 2.26. The van der Waals surface area contributed by atoms with Crippen molar-refractivity contribution in [1.29, 1.82) is 0 Å². The van der Waals surface area contributed by atoms with Crippen LogP contribution in [0.1, 0.15) is 18.1 Å². The lowest BCUT2D eigenvalue weighted by molar-refractivity contribution is 0.0576. The van der Waals surface area contributed by atoms with Crippen LogP contribution in [0.25, 0.3) is 0 Å². The Bertz CT molecular complexity index is 486. The summed E-state index contributed by atoms with van der Waals surface area (Å²) in [5.41, 5.74) is 1.15. The third-order valence-electron chi connectivity index (χ3n) is 3.10. The molecule has 2 rings (SSSR count). The molecule has 0 saturated carbocycles. The zero-order valence-corrected chi connectivity index (χ0v) is 10.8. The van der Waals surface area contributed by atoms with E-state index < -0.39 is 5.60 Å². The van der Waals surface area contributed by atoms with Crippen LogP contribution >= 0.6 is 0 Å². The van der Waals surface area contributed by atoms with Crippen molar-refractivity contribution >= 4 is 0 Å². The quantitative estimate of drug-likeness (QED) is 0.892. The van der Waals surface area contributed by atoms with Gasteiger partial charge in [0.25, 0.3) is 0 Å². The van der Waals surface area contributed by atoms with Gasteiger partial charge in [0.1, 0.15) is 5.75 Å². The molecule has 0 fully saturated rings. The van der Waals surface area contributed by atoms with Crippen LogP contribution in [0.5, 0.6) is 5.75 Å². The lowest BCUT2D eigenvalue weighted by Crippen LogP contribution is -2.24. The Morgan fingerprint density at radius 3 is 2.17 bits per heavy atom. The number of methoxy groups -OCH3 is 1. The fourth-order valence-corrected chi connectivity index (χ4v) is 2.05. The van der Waals surface area contributed by atoms with Crippen molar-refractivity contribution in [3.63, 3.8) is 0 Å². The van der Waals surface area contributed by atoms with Crippen LogP contribution in [0.15, 0.2) is 54.6 Å². The normalized spacial score (nSPS) is 13.9. The van der Waals surface area contributed by atoms with Crippen molar-refractivity contribution in [1.82, 2.24) is 0 Å². The second kappa shape index (κ2) is 5.23. The number of hydrogen-bond donors (Lipinski definition) is 1. The molecule has 0 aliphatic rings. The molecule has 2 aromatic carbocycles. The van der Waals surface area contributed by atoms with Gasteiger partial charge in [0.15, 0.2) is 0 Å². The smallest absolute Gasteiger partial charge is 0.118 e. The Labute approximate surface area is 108 Å². The molecule has 0 bridgehead atoms. The summed E-state index contributed by atoms with van der Waals surface area (Å²) in [6.07, 6.45) is 0.597. The minimum atomic E-state index is -0.867. The Morgan fingerprint density at radius 1 is 1.00 bits per heavy atom. The second-order valence-electron chi connectivity index (χ2n) is 4.66. The van der Waals surface area contributed by atoms with Crippen LogP contribution in [0, 0.1) is 0 Å². The Balaban J connectivity index is 2.19. The summed E-state index contributed by atoms with van der Waals surface area (Å²) in [4.78, 5) is 0. The van der Waals surface area contributed by atoms with Gasteiger partial charge >= 0.3 is 0 Å². The highest BCUT2D eigenvalue weighted by atomic mass is 16.5. The largest absolute Gasteiger partial charge is 0.497 e. The Morgan fingerprint density at radius 2 is 1.61 bits per heavy atom.